The van der Waals surface area contributed by atoms with Crippen LogP contribution in [0.4, 0.5) is 0 Å². The third-order valence-corrected chi connectivity index (χ3v) is 5.66. The Balaban J connectivity index is 2.51. The topological polar surface area (TPSA) is 112 Å². The molecule has 0 unspecified atom stereocenters. The van der Waals surface area contributed by atoms with Gasteiger partial charge in [0.15, 0.2) is 0 Å². The van der Waals surface area contributed by atoms with Gasteiger partial charge in [-0.2, -0.15) is 0 Å². The van der Waals surface area contributed by atoms with Crippen molar-refractivity contribution in [3.8, 4) is 11.5 Å². The summed E-state index contributed by atoms with van der Waals surface area (Å²) in [7, 11) is 0. The van der Waals surface area contributed by atoms with Crippen LogP contribution in [-0.4, -0.2) is 61.8 Å². The van der Waals surface area contributed by atoms with E-state index in [9.17, 15) is 9.59 Å². The maximum absolute atomic E-state index is 12.8. The van der Waals surface area contributed by atoms with Crippen LogP contribution in [0.5, 0.6) is 11.5 Å². The van der Waals surface area contributed by atoms with Crippen molar-refractivity contribution >= 4 is 11.9 Å². The lowest BCUT2D eigenvalue weighted by molar-refractivity contribution is -0.139. The molecule has 0 spiro atoms. The lowest BCUT2D eigenvalue weighted by Gasteiger charge is -2.14. The van der Waals surface area contributed by atoms with Crippen LogP contribution in [0.2, 0.25) is 0 Å². The van der Waals surface area contributed by atoms with E-state index in [0.29, 0.717) is 55.5 Å². The molecule has 0 aliphatic heterocycles. The SMILES string of the molecule is C=C(C)C(=O)OCCCCCCOC(=O)c1cc(OCCCCCCO)ccc1OCCCCCCO. The third kappa shape index (κ3) is 16.0. The number of carbonyl (C=O) groups is 2. The van der Waals surface area contributed by atoms with Gasteiger partial charge in [0.25, 0.3) is 0 Å². The highest BCUT2D eigenvalue weighted by molar-refractivity contribution is 5.93. The van der Waals surface area contributed by atoms with E-state index >= 15 is 0 Å². The summed E-state index contributed by atoms with van der Waals surface area (Å²) in [5.41, 5.74) is 0.740. The molecule has 0 saturated heterocycles. The average molecular weight is 523 g/mol. The first-order valence-electron chi connectivity index (χ1n) is 13.6. The maximum Gasteiger partial charge on any atom is 0.342 e. The summed E-state index contributed by atoms with van der Waals surface area (Å²) in [6, 6.07) is 5.22. The summed E-state index contributed by atoms with van der Waals surface area (Å²) in [6.45, 7) is 7.24. The fourth-order valence-corrected chi connectivity index (χ4v) is 3.48. The van der Waals surface area contributed by atoms with Crippen LogP contribution < -0.4 is 9.47 Å². The van der Waals surface area contributed by atoms with Gasteiger partial charge in [0.05, 0.1) is 26.4 Å². The van der Waals surface area contributed by atoms with Crippen molar-refractivity contribution in [2.75, 3.05) is 39.6 Å². The molecular weight excluding hydrogens is 476 g/mol. The first-order chi connectivity index (χ1) is 18.0. The number of benzene rings is 1. The lowest BCUT2D eigenvalue weighted by atomic mass is 10.1. The van der Waals surface area contributed by atoms with Crippen molar-refractivity contribution in [1.29, 1.82) is 0 Å². The Hall–Kier alpha value is -2.58. The van der Waals surface area contributed by atoms with Gasteiger partial charge >= 0.3 is 11.9 Å². The summed E-state index contributed by atoms with van der Waals surface area (Å²) in [5.74, 6) is 0.250. The van der Waals surface area contributed by atoms with Crippen LogP contribution in [0.3, 0.4) is 0 Å². The largest absolute Gasteiger partial charge is 0.494 e. The van der Waals surface area contributed by atoms with Crippen LogP contribution >= 0.6 is 0 Å². The van der Waals surface area contributed by atoms with Gasteiger partial charge in [-0.3, -0.25) is 0 Å². The highest BCUT2D eigenvalue weighted by Crippen LogP contribution is 2.26. The Kier molecular flexibility index (Phi) is 18.9. The molecule has 37 heavy (non-hydrogen) atoms. The Bertz CT molecular complexity index is 777. The fraction of sp³-hybridized carbons (Fsp3) is 0.655. The Morgan fingerprint density at radius 1 is 0.703 bits per heavy atom. The van der Waals surface area contributed by atoms with Gasteiger partial charge in [0.1, 0.15) is 17.1 Å². The molecule has 0 radical (unpaired) electrons. The number of esters is 2. The quantitative estimate of drug-likeness (QED) is 0.112. The molecule has 0 heterocycles. The molecule has 1 aromatic carbocycles. The minimum atomic E-state index is -0.445. The van der Waals surface area contributed by atoms with Gasteiger partial charge in [-0.1, -0.05) is 19.4 Å². The molecule has 1 aromatic rings. The molecule has 0 aliphatic rings. The number of carbonyl (C=O) groups excluding carboxylic acids is 2. The summed E-state index contributed by atoms with van der Waals surface area (Å²) in [4.78, 5) is 24.2. The van der Waals surface area contributed by atoms with E-state index in [2.05, 4.69) is 6.58 Å². The van der Waals surface area contributed by atoms with Gasteiger partial charge < -0.3 is 29.2 Å². The van der Waals surface area contributed by atoms with Gasteiger partial charge in [0.2, 0.25) is 0 Å². The van der Waals surface area contributed by atoms with Gasteiger partial charge in [0, 0.05) is 18.8 Å². The molecule has 0 aliphatic carbocycles. The summed E-state index contributed by atoms with van der Waals surface area (Å²) in [6.07, 6.45) is 10.3. The zero-order chi connectivity index (χ0) is 27.1. The Morgan fingerprint density at radius 3 is 1.78 bits per heavy atom. The number of hydrogen-bond donors (Lipinski definition) is 2. The van der Waals surface area contributed by atoms with Crippen LogP contribution in [0.15, 0.2) is 30.4 Å². The number of hydrogen-bond acceptors (Lipinski definition) is 8. The molecule has 210 valence electrons. The summed E-state index contributed by atoms with van der Waals surface area (Å²) in [5, 5.41) is 17.8. The number of aliphatic hydroxyl groups excluding tert-OH is 2. The molecule has 8 heteroatoms. The molecule has 8 nitrogen and oxygen atoms in total. The van der Waals surface area contributed by atoms with E-state index in [1.165, 1.54) is 0 Å². The Labute approximate surface area is 222 Å². The van der Waals surface area contributed by atoms with Crippen LogP contribution in [0.1, 0.15) is 94.3 Å². The zero-order valence-corrected chi connectivity index (χ0v) is 22.5. The van der Waals surface area contributed by atoms with Crippen LogP contribution in [-0.2, 0) is 14.3 Å². The lowest BCUT2D eigenvalue weighted by Crippen LogP contribution is -2.11. The third-order valence-electron chi connectivity index (χ3n) is 5.66. The van der Waals surface area contributed by atoms with Crippen LogP contribution in [0, 0.1) is 0 Å². The molecule has 0 amide bonds. The molecule has 0 atom stereocenters. The molecule has 2 N–H and O–H groups in total. The van der Waals surface area contributed by atoms with Crippen molar-refractivity contribution in [3.63, 3.8) is 0 Å². The maximum atomic E-state index is 12.8. The predicted molar refractivity (Wildman–Crippen MR) is 143 cm³/mol. The second kappa shape index (κ2) is 21.5. The van der Waals surface area contributed by atoms with Crippen molar-refractivity contribution in [1.82, 2.24) is 0 Å². The fourth-order valence-electron chi connectivity index (χ4n) is 3.48. The zero-order valence-electron chi connectivity index (χ0n) is 22.5. The first kappa shape index (κ1) is 32.4. The minimum absolute atomic E-state index is 0.197. The summed E-state index contributed by atoms with van der Waals surface area (Å²) < 4.78 is 22.3. The number of ether oxygens (including phenoxy) is 4. The molecule has 0 saturated carbocycles. The predicted octanol–water partition coefficient (Wildman–Crippen LogP) is 5.39. The molecule has 0 bridgehead atoms. The van der Waals surface area contributed by atoms with E-state index in [1.54, 1.807) is 25.1 Å². The minimum Gasteiger partial charge on any atom is -0.494 e. The van der Waals surface area contributed by atoms with E-state index in [4.69, 9.17) is 29.2 Å². The molecular formula is C29H46O8. The van der Waals surface area contributed by atoms with Gasteiger partial charge in [-0.05, 0) is 89.3 Å². The standard InChI is InChI=1S/C29H46O8/c1-24(2)28(32)36-21-13-7-8-14-22-37-29(33)26-23-25(34-19-11-5-3-9-17-30)15-16-27(26)35-20-12-6-4-10-18-31/h15-16,23,30-31H,1,3-14,17-22H2,2H3. The summed E-state index contributed by atoms with van der Waals surface area (Å²) >= 11 is 0. The van der Waals surface area contributed by atoms with Gasteiger partial charge in [-0.25, -0.2) is 9.59 Å². The highest BCUT2D eigenvalue weighted by Gasteiger charge is 2.16. The normalized spacial score (nSPS) is 10.7. The van der Waals surface area contributed by atoms with Crippen molar-refractivity contribution in [2.45, 2.75) is 84.0 Å². The van der Waals surface area contributed by atoms with Crippen LogP contribution in [0.25, 0.3) is 0 Å². The van der Waals surface area contributed by atoms with E-state index < -0.39 is 5.97 Å². The number of aliphatic hydroxyl groups is 2. The van der Waals surface area contributed by atoms with E-state index in [1.807, 2.05) is 0 Å². The molecule has 0 aromatic heterocycles. The smallest absolute Gasteiger partial charge is 0.342 e. The van der Waals surface area contributed by atoms with Crippen molar-refractivity contribution < 1.29 is 38.7 Å². The molecule has 1 rings (SSSR count). The average Bonchev–Trinajstić information content (AvgIpc) is 2.89. The number of unbranched alkanes of at least 4 members (excludes halogenated alkanes) is 9. The first-order valence-corrected chi connectivity index (χ1v) is 13.6. The number of rotatable bonds is 23. The van der Waals surface area contributed by atoms with E-state index in [-0.39, 0.29) is 19.2 Å². The Morgan fingerprint density at radius 2 is 1.22 bits per heavy atom. The second-order valence-corrected chi connectivity index (χ2v) is 9.10. The molecule has 0 fully saturated rings. The second-order valence-electron chi connectivity index (χ2n) is 9.10. The highest BCUT2D eigenvalue weighted by atomic mass is 16.5. The monoisotopic (exact) mass is 522 g/mol. The van der Waals surface area contributed by atoms with E-state index in [0.717, 1.165) is 70.6 Å². The van der Waals surface area contributed by atoms with Crippen molar-refractivity contribution in [2.24, 2.45) is 0 Å². The van der Waals surface area contributed by atoms with Gasteiger partial charge in [-0.15, -0.1) is 0 Å². The van der Waals surface area contributed by atoms with Crippen molar-refractivity contribution in [3.05, 3.63) is 35.9 Å².